The molecule has 0 unspecified atom stereocenters. The van der Waals surface area contributed by atoms with Crippen LogP contribution in [-0.4, -0.2) is 9.38 Å². The Kier molecular flexibility index (Phi) is 0.917. The summed E-state index contributed by atoms with van der Waals surface area (Å²) < 4.78 is 1.88. The van der Waals surface area contributed by atoms with Gasteiger partial charge in [-0.2, -0.15) is 0 Å². The molecular formula is C7H7N3. The number of hydrogen-bond acceptors (Lipinski definition) is 2. The van der Waals surface area contributed by atoms with Crippen LogP contribution in [0.2, 0.25) is 0 Å². The van der Waals surface area contributed by atoms with Crippen molar-refractivity contribution in [2.75, 3.05) is 5.73 Å². The molecule has 0 saturated heterocycles. The summed E-state index contributed by atoms with van der Waals surface area (Å²) >= 11 is 0. The van der Waals surface area contributed by atoms with Gasteiger partial charge >= 0.3 is 0 Å². The SMILES string of the molecule is Nc1ccc2cncn2c1. The molecule has 0 fully saturated rings. The lowest BCUT2D eigenvalue weighted by Crippen LogP contribution is -1.87. The molecular weight excluding hydrogens is 126 g/mol. The Labute approximate surface area is 58.1 Å². The normalized spacial score (nSPS) is 10.4. The smallest absolute Gasteiger partial charge is 0.0992 e. The molecule has 0 saturated carbocycles. The van der Waals surface area contributed by atoms with Crippen molar-refractivity contribution in [3.05, 3.63) is 30.9 Å². The highest BCUT2D eigenvalue weighted by atomic mass is 15.0. The fraction of sp³-hybridized carbons (Fsp3) is 0. The van der Waals surface area contributed by atoms with E-state index >= 15 is 0 Å². The van der Waals surface area contributed by atoms with Crippen LogP contribution in [0.25, 0.3) is 5.52 Å². The number of anilines is 1. The van der Waals surface area contributed by atoms with Gasteiger partial charge in [-0.3, -0.25) is 0 Å². The predicted molar refractivity (Wildman–Crippen MR) is 39.6 cm³/mol. The van der Waals surface area contributed by atoms with Gasteiger partial charge in [0.15, 0.2) is 0 Å². The Morgan fingerprint density at radius 3 is 3.20 bits per heavy atom. The number of fused-ring (bicyclic) bond motifs is 1. The van der Waals surface area contributed by atoms with E-state index in [-0.39, 0.29) is 0 Å². The van der Waals surface area contributed by atoms with Gasteiger partial charge in [-0.15, -0.1) is 0 Å². The molecule has 0 amide bonds. The van der Waals surface area contributed by atoms with Gasteiger partial charge in [0, 0.05) is 11.9 Å². The summed E-state index contributed by atoms with van der Waals surface area (Å²) in [6, 6.07) is 3.79. The molecule has 0 aliphatic rings. The first-order valence-corrected chi connectivity index (χ1v) is 3.03. The summed E-state index contributed by atoms with van der Waals surface area (Å²) in [4.78, 5) is 3.95. The van der Waals surface area contributed by atoms with Crippen LogP contribution in [0.1, 0.15) is 0 Å². The molecule has 2 aromatic rings. The van der Waals surface area contributed by atoms with E-state index < -0.39 is 0 Å². The average Bonchev–Trinajstić information content (AvgIpc) is 2.33. The molecule has 0 aliphatic heterocycles. The van der Waals surface area contributed by atoms with Gasteiger partial charge in [-0.1, -0.05) is 0 Å². The third kappa shape index (κ3) is 0.639. The van der Waals surface area contributed by atoms with Gasteiger partial charge in [-0.05, 0) is 12.1 Å². The van der Waals surface area contributed by atoms with E-state index in [1.54, 1.807) is 12.5 Å². The molecule has 3 heteroatoms. The Morgan fingerprint density at radius 1 is 1.40 bits per heavy atom. The summed E-state index contributed by atoms with van der Waals surface area (Å²) in [5, 5.41) is 0. The third-order valence-electron chi connectivity index (χ3n) is 1.43. The van der Waals surface area contributed by atoms with Crippen molar-refractivity contribution < 1.29 is 0 Å². The summed E-state index contributed by atoms with van der Waals surface area (Å²) in [6.45, 7) is 0. The molecule has 2 heterocycles. The van der Waals surface area contributed by atoms with Crippen molar-refractivity contribution in [1.29, 1.82) is 0 Å². The van der Waals surface area contributed by atoms with E-state index in [1.807, 2.05) is 22.7 Å². The van der Waals surface area contributed by atoms with Crippen molar-refractivity contribution in [3.63, 3.8) is 0 Å². The van der Waals surface area contributed by atoms with E-state index in [9.17, 15) is 0 Å². The Hall–Kier alpha value is -1.51. The van der Waals surface area contributed by atoms with E-state index in [4.69, 9.17) is 5.73 Å². The summed E-state index contributed by atoms with van der Waals surface area (Å²) in [6.07, 6.45) is 5.35. The lowest BCUT2D eigenvalue weighted by atomic mass is 10.4. The van der Waals surface area contributed by atoms with E-state index in [0.717, 1.165) is 11.2 Å². The number of nitrogen functional groups attached to an aromatic ring is 1. The Morgan fingerprint density at radius 2 is 2.30 bits per heavy atom. The zero-order valence-corrected chi connectivity index (χ0v) is 5.36. The Bertz CT molecular complexity index is 350. The number of aromatic nitrogens is 2. The molecule has 0 radical (unpaired) electrons. The zero-order valence-electron chi connectivity index (χ0n) is 5.36. The lowest BCUT2D eigenvalue weighted by molar-refractivity contribution is 1.16. The predicted octanol–water partition coefficient (Wildman–Crippen LogP) is 0.916. The molecule has 0 aromatic carbocycles. The highest BCUT2D eigenvalue weighted by Gasteiger charge is 1.90. The van der Waals surface area contributed by atoms with E-state index in [2.05, 4.69) is 4.98 Å². The van der Waals surface area contributed by atoms with Crippen molar-refractivity contribution in [2.45, 2.75) is 0 Å². The number of nitrogens with zero attached hydrogens (tertiary/aromatic N) is 2. The summed E-state index contributed by atoms with van der Waals surface area (Å²) in [7, 11) is 0. The van der Waals surface area contributed by atoms with Crippen LogP contribution < -0.4 is 5.73 Å². The maximum atomic E-state index is 5.53. The van der Waals surface area contributed by atoms with Crippen LogP contribution in [0.15, 0.2) is 30.9 Å². The van der Waals surface area contributed by atoms with Crippen LogP contribution in [0.3, 0.4) is 0 Å². The summed E-state index contributed by atoms with van der Waals surface area (Å²) in [5.74, 6) is 0. The largest absolute Gasteiger partial charge is 0.398 e. The molecule has 50 valence electrons. The quantitative estimate of drug-likeness (QED) is 0.580. The molecule has 0 aliphatic carbocycles. The topological polar surface area (TPSA) is 43.3 Å². The van der Waals surface area contributed by atoms with Crippen LogP contribution in [0, 0.1) is 0 Å². The Balaban J connectivity index is 2.86. The molecule has 0 bridgehead atoms. The number of hydrogen-bond donors (Lipinski definition) is 1. The number of rotatable bonds is 0. The second-order valence-electron chi connectivity index (χ2n) is 2.19. The van der Waals surface area contributed by atoms with Gasteiger partial charge in [-0.25, -0.2) is 4.98 Å². The minimum absolute atomic E-state index is 0.755. The van der Waals surface area contributed by atoms with Gasteiger partial charge < -0.3 is 10.1 Å². The van der Waals surface area contributed by atoms with Crippen molar-refractivity contribution in [2.24, 2.45) is 0 Å². The molecule has 3 nitrogen and oxygen atoms in total. The highest BCUT2D eigenvalue weighted by Crippen LogP contribution is 2.05. The first-order chi connectivity index (χ1) is 4.86. The van der Waals surface area contributed by atoms with Crippen LogP contribution in [0.5, 0.6) is 0 Å². The first-order valence-electron chi connectivity index (χ1n) is 3.03. The van der Waals surface area contributed by atoms with Crippen LogP contribution >= 0.6 is 0 Å². The van der Waals surface area contributed by atoms with Crippen molar-refractivity contribution >= 4 is 11.2 Å². The molecule has 10 heavy (non-hydrogen) atoms. The van der Waals surface area contributed by atoms with E-state index in [0.29, 0.717) is 0 Å². The fourth-order valence-corrected chi connectivity index (χ4v) is 0.937. The fourth-order valence-electron chi connectivity index (χ4n) is 0.937. The second-order valence-corrected chi connectivity index (χ2v) is 2.19. The summed E-state index contributed by atoms with van der Waals surface area (Å²) in [5.41, 5.74) is 7.35. The minimum atomic E-state index is 0.755. The van der Waals surface area contributed by atoms with E-state index in [1.165, 1.54) is 0 Å². The molecule has 0 atom stereocenters. The first kappa shape index (κ1) is 5.29. The molecule has 0 spiro atoms. The average molecular weight is 133 g/mol. The third-order valence-corrected chi connectivity index (χ3v) is 1.43. The molecule has 2 N–H and O–H groups in total. The van der Waals surface area contributed by atoms with Crippen LogP contribution in [0.4, 0.5) is 5.69 Å². The maximum absolute atomic E-state index is 5.53. The monoisotopic (exact) mass is 133 g/mol. The van der Waals surface area contributed by atoms with Gasteiger partial charge in [0.05, 0.1) is 18.0 Å². The number of nitrogens with two attached hydrogens (primary N) is 1. The van der Waals surface area contributed by atoms with Crippen molar-refractivity contribution in [3.8, 4) is 0 Å². The standard InChI is InChI=1S/C7H7N3/c8-6-1-2-7-3-9-5-10(7)4-6/h1-5H,8H2. The maximum Gasteiger partial charge on any atom is 0.0992 e. The van der Waals surface area contributed by atoms with Crippen LogP contribution in [-0.2, 0) is 0 Å². The van der Waals surface area contributed by atoms with Crippen molar-refractivity contribution in [1.82, 2.24) is 9.38 Å². The lowest BCUT2D eigenvalue weighted by Gasteiger charge is -1.93. The second kappa shape index (κ2) is 1.73. The minimum Gasteiger partial charge on any atom is -0.398 e. The zero-order chi connectivity index (χ0) is 6.97. The number of pyridine rings is 1. The number of imidazole rings is 1. The van der Waals surface area contributed by atoms with Gasteiger partial charge in [0.2, 0.25) is 0 Å². The van der Waals surface area contributed by atoms with Gasteiger partial charge in [0.1, 0.15) is 0 Å². The molecule has 2 rings (SSSR count). The highest BCUT2D eigenvalue weighted by molar-refractivity contribution is 5.50. The molecule has 2 aromatic heterocycles. The van der Waals surface area contributed by atoms with Gasteiger partial charge in [0.25, 0.3) is 0 Å².